The van der Waals surface area contributed by atoms with Gasteiger partial charge in [-0.2, -0.15) is 0 Å². The summed E-state index contributed by atoms with van der Waals surface area (Å²) in [6, 6.07) is 0.485. The molecule has 2 aliphatic rings. The fraction of sp³-hybridized carbons (Fsp3) is 0.684. The Bertz CT molecular complexity index is 735. The average molecular weight is 374 g/mol. The van der Waals surface area contributed by atoms with Crippen LogP contribution in [0.5, 0.6) is 0 Å². The maximum Gasteiger partial charge on any atom is 0.292 e. The van der Waals surface area contributed by atoms with Crippen LogP contribution in [0.2, 0.25) is 0 Å². The van der Waals surface area contributed by atoms with Crippen molar-refractivity contribution in [3.05, 3.63) is 17.1 Å². The normalized spacial score (nSPS) is 20.7. The third-order valence-electron chi connectivity index (χ3n) is 5.74. The van der Waals surface area contributed by atoms with Gasteiger partial charge in [-0.1, -0.05) is 0 Å². The monoisotopic (exact) mass is 374 g/mol. The zero-order chi connectivity index (χ0) is 19.7. The summed E-state index contributed by atoms with van der Waals surface area (Å²) in [5.74, 6) is 0.759. The first-order valence-corrected chi connectivity index (χ1v) is 9.65. The van der Waals surface area contributed by atoms with E-state index in [1.807, 2.05) is 20.8 Å². The first kappa shape index (κ1) is 19.5. The zero-order valence-electron chi connectivity index (χ0n) is 17.0. The molecule has 8 heteroatoms. The van der Waals surface area contributed by atoms with E-state index < -0.39 is 0 Å². The molecule has 2 aliphatic heterocycles. The Kier molecular flexibility index (Phi) is 5.64. The predicted molar refractivity (Wildman–Crippen MR) is 104 cm³/mol. The van der Waals surface area contributed by atoms with Gasteiger partial charge in [0.1, 0.15) is 12.4 Å². The molecular formula is C19H30N6O2. The van der Waals surface area contributed by atoms with Crippen molar-refractivity contribution in [3.63, 3.8) is 0 Å². The summed E-state index contributed by atoms with van der Waals surface area (Å²) < 4.78 is 0. The Labute approximate surface area is 161 Å². The van der Waals surface area contributed by atoms with Gasteiger partial charge in [0, 0.05) is 50.0 Å². The predicted octanol–water partition coefficient (Wildman–Crippen LogP) is 0.538. The van der Waals surface area contributed by atoms with E-state index in [4.69, 9.17) is 0 Å². The second-order valence-corrected chi connectivity index (χ2v) is 7.63. The molecule has 3 heterocycles. The summed E-state index contributed by atoms with van der Waals surface area (Å²) in [6.07, 6.45) is 1.08. The Balaban J connectivity index is 1.82. The van der Waals surface area contributed by atoms with Gasteiger partial charge in [0.05, 0.1) is 0 Å². The lowest BCUT2D eigenvalue weighted by molar-refractivity contribution is -0.134. The first-order valence-electron chi connectivity index (χ1n) is 9.65. The van der Waals surface area contributed by atoms with E-state index >= 15 is 0 Å². The van der Waals surface area contributed by atoms with Crippen LogP contribution in [0.3, 0.4) is 0 Å². The lowest BCUT2D eigenvalue weighted by Gasteiger charge is -2.33. The molecule has 1 aromatic rings. The topological polar surface area (TPSA) is 72.9 Å². The van der Waals surface area contributed by atoms with Gasteiger partial charge in [-0.25, -0.2) is 9.97 Å². The summed E-state index contributed by atoms with van der Waals surface area (Å²) in [7, 11) is 4.18. The summed E-state index contributed by atoms with van der Waals surface area (Å²) in [4.78, 5) is 42.0. The van der Waals surface area contributed by atoms with Crippen LogP contribution in [0.25, 0.3) is 0 Å². The number of aromatic nitrogens is 2. The molecule has 3 rings (SSSR count). The molecule has 0 saturated carbocycles. The minimum Gasteiger partial charge on any atom is -0.355 e. The van der Waals surface area contributed by atoms with E-state index in [0.29, 0.717) is 25.7 Å². The minimum absolute atomic E-state index is 0.0190. The lowest BCUT2D eigenvalue weighted by atomic mass is 10.2. The van der Waals surface area contributed by atoms with Gasteiger partial charge < -0.3 is 19.6 Å². The van der Waals surface area contributed by atoms with Crippen molar-refractivity contribution in [1.82, 2.24) is 24.7 Å². The number of aryl methyl sites for hydroxylation is 1. The van der Waals surface area contributed by atoms with Crippen LogP contribution in [0.1, 0.15) is 35.2 Å². The number of carbonyl (C=O) groups is 2. The van der Waals surface area contributed by atoms with Gasteiger partial charge in [0.2, 0.25) is 11.7 Å². The van der Waals surface area contributed by atoms with Crippen molar-refractivity contribution in [1.29, 1.82) is 0 Å². The molecule has 1 aromatic heterocycles. The average Bonchev–Trinajstić information content (AvgIpc) is 3.13. The van der Waals surface area contributed by atoms with Crippen LogP contribution in [0.15, 0.2) is 0 Å². The molecule has 2 amide bonds. The largest absolute Gasteiger partial charge is 0.355 e. The highest BCUT2D eigenvalue weighted by Crippen LogP contribution is 2.25. The highest BCUT2D eigenvalue weighted by Gasteiger charge is 2.31. The van der Waals surface area contributed by atoms with E-state index in [2.05, 4.69) is 33.9 Å². The molecule has 2 saturated heterocycles. The molecule has 0 bridgehead atoms. The summed E-state index contributed by atoms with van der Waals surface area (Å²) in [5, 5.41) is 0. The molecule has 0 radical (unpaired) electrons. The second-order valence-electron chi connectivity index (χ2n) is 7.63. The van der Waals surface area contributed by atoms with Crippen molar-refractivity contribution in [3.8, 4) is 0 Å². The number of hydrogen-bond donors (Lipinski definition) is 0. The molecule has 0 spiro atoms. The van der Waals surface area contributed by atoms with Crippen LogP contribution in [-0.2, 0) is 4.79 Å². The van der Waals surface area contributed by atoms with Gasteiger partial charge in [0.25, 0.3) is 5.91 Å². The Morgan fingerprint density at radius 3 is 2.52 bits per heavy atom. The number of carbonyl (C=O) groups excluding carboxylic acids is 2. The SMILES string of the molecule is CCN1CCN(C(=O)c2nc(C)c(C)c(N3CC[C@@H](N(C)C)C3)n2)CC1=O. The quantitative estimate of drug-likeness (QED) is 0.766. The molecule has 27 heavy (non-hydrogen) atoms. The number of anilines is 1. The molecule has 0 unspecified atom stereocenters. The minimum atomic E-state index is -0.258. The third kappa shape index (κ3) is 3.90. The molecule has 8 nitrogen and oxygen atoms in total. The number of likely N-dealkylation sites (N-methyl/N-ethyl adjacent to an activating group) is 2. The number of rotatable bonds is 4. The lowest BCUT2D eigenvalue weighted by Crippen LogP contribution is -2.52. The Morgan fingerprint density at radius 2 is 1.93 bits per heavy atom. The van der Waals surface area contributed by atoms with E-state index in [1.165, 1.54) is 0 Å². The van der Waals surface area contributed by atoms with E-state index in [0.717, 1.165) is 36.6 Å². The number of piperazine rings is 1. The number of hydrogen-bond acceptors (Lipinski definition) is 6. The van der Waals surface area contributed by atoms with Crippen LogP contribution in [0, 0.1) is 13.8 Å². The van der Waals surface area contributed by atoms with Crippen LogP contribution >= 0.6 is 0 Å². The number of amides is 2. The van der Waals surface area contributed by atoms with Gasteiger partial charge in [-0.05, 0) is 41.3 Å². The highest BCUT2D eigenvalue weighted by atomic mass is 16.2. The number of nitrogens with zero attached hydrogens (tertiary/aromatic N) is 6. The maximum atomic E-state index is 12.9. The van der Waals surface area contributed by atoms with E-state index in [-0.39, 0.29) is 24.2 Å². The maximum absolute atomic E-state index is 12.9. The second kappa shape index (κ2) is 7.80. The van der Waals surface area contributed by atoms with Crippen LogP contribution < -0.4 is 4.90 Å². The summed E-state index contributed by atoms with van der Waals surface area (Å²) >= 11 is 0. The molecule has 148 valence electrons. The van der Waals surface area contributed by atoms with Gasteiger partial charge >= 0.3 is 0 Å². The van der Waals surface area contributed by atoms with E-state index in [9.17, 15) is 9.59 Å². The standard InChI is InChI=1S/C19H30N6O2/c1-6-23-9-10-25(12-16(23)26)19(27)17-20-14(3)13(2)18(21-17)24-8-7-15(11-24)22(4)5/h15H,6-12H2,1-5H3/t15-/m1/s1. The van der Waals surface area contributed by atoms with Gasteiger partial charge in [-0.15, -0.1) is 0 Å². The van der Waals surface area contributed by atoms with Crippen LogP contribution in [0.4, 0.5) is 5.82 Å². The molecule has 0 aliphatic carbocycles. The van der Waals surface area contributed by atoms with Crippen LogP contribution in [-0.4, -0.2) is 95.9 Å². The fourth-order valence-electron chi connectivity index (χ4n) is 3.73. The Hall–Kier alpha value is -2.22. The van der Waals surface area contributed by atoms with Crippen molar-refractivity contribution in [2.75, 3.05) is 58.3 Å². The summed E-state index contributed by atoms with van der Waals surface area (Å²) in [6.45, 7) is 9.55. The van der Waals surface area contributed by atoms with Crippen molar-refractivity contribution in [2.24, 2.45) is 0 Å². The fourth-order valence-corrected chi connectivity index (χ4v) is 3.73. The molecule has 0 aromatic carbocycles. The zero-order valence-corrected chi connectivity index (χ0v) is 17.0. The third-order valence-corrected chi connectivity index (χ3v) is 5.74. The van der Waals surface area contributed by atoms with Crippen molar-refractivity contribution < 1.29 is 9.59 Å². The highest BCUT2D eigenvalue weighted by molar-refractivity contribution is 5.94. The smallest absolute Gasteiger partial charge is 0.292 e. The van der Waals surface area contributed by atoms with Gasteiger partial charge in [0.15, 0.2) is 0 Å². The van der Waals surface area contributed by atoms with Crippen molar-refractivity contribution in [2.45, 2.75) is 33.2 Å². The molecule has 2 fully saturated rings. The molecular weight excluding hydrogens is 344 g/mol. The Morgan fingerprint density at radius 1 is 1.19 bits per heavy atom. The molecule has 1 atom stereocenters. The van der Waals surface area contributed by atoms with E-state index in [1.54, 1.807) is 9.80 Å². The molecule has 0 N–H and O–H groups in total. The first-order chi connectivity index (χ1) is 12.8. The summed E-state index contributed by atoms with van der Waals surface area (Å²) in [5.41, 5.74) is 1.83. The van der Waals surface area contributed by atoms with Gasteiger partial charge in [-0.3, -0.25) is 9.59 Å². The van der Waals surface area contributed by atoms with Crippen molar-refractivity contribution >= 4 is 17.6 Å².